The molecule has 0 fully saturated rings. The molecule has 0 unspecified atom stereocenters. The number of rotatable bonds is 3. The number of benzene rings is 2. The SMILES string of the molecule is COc1ccc(-c2cccc(C(=O)N(C)C)c2)cc1. The Labute approximate surface area is 113 Å². The van der Waals surface area contributed by atoms with Crippen molar-refractivity contribution in [2.24, 2.45) is 0 Å². The molecule has 3 nitrogen and oxygen atoms in total. The van der Waals surface area contributed by atoms with E-state index in [2.05, 4.69) is 0 Å². The lowest BCUT2D eigenvalue weighted by Gasteiger charge is -2.11. The largest absolute Gasteiger partial charge is 0.497 e. The molecule has 98 valence electrons. The number of amides is 1. The Bertz CT molecular complexity index is 574. The van der Waals surface area contributed by atoms with Crippen molar-refractivity contribution in [3.63, 3.8) is 0 Å². The number of carbonyl (C=O) groups is 1. The Morgan fingerprint density at radius 2 is 1.68 bits per heavy atom. The maximum absolute atomic E-state index is 11.9. The number of hydrogen-bond acceptors (Lipinski definition) is 2. The van der Waals surface area contributed by atoms with E-state index < -0.39 is 0 Å². The number of nitrogens with zero attached hydrogens (tertiary/aromatic N) is 1. The smallest absolute Gasteiger partial charge is 0.253 e. The third-order valence-corrected chi connectivity index (χ3v) is 2.94. The van der Waals surface area contributed by atoms with Crippen molar-refractivity contribution < 1.29 is 9.53 Å². The van der Waals surface area contributed by atoms with E-state index in [0.717, 1.165) is 16.9 Å². The summed E-state index contributed by atoms with van der Waals surface area (Å²) in [5.74, 6) is 0.833. The molecule has 0 aliphatic heterocycles. The summed E-state index contributed by atoms with van der Waals surface area (Å²) in [6.45, 7) is 0. The predicted molar refractivity (Wildman–Crippen MR) is 76.4 cm³/mol. The van der Waals surface area contributed by atoms with Gasteiger partial charge in [0.05, 0.1) is 7.11 Å². The van der Waals surface area contributed by atoms with Crippen molar-refractivity contribution in [1.29, 1.82) is 0 Å². The van der Waals surface area contributed by atoms with Crippen LogP contribution in [0, 0.1) is 0 Å². The molecular formula is C16H17NO2. The molecule has 2 rings (SSSR count). The fraction of sp³-hybridized carbons (Fsp3) is 0.188. The van der Waals surface area contributed by atoms with Crippen molar-refractivity contribution in [3.05, 3.63) is 54.1 Å². The van der Waals surface area contributed by atoms with Crippen molar-refractivity contribution in [2.45, 2.75) is 0 Å². The average molecular weight is 255 g/mol. The van der Waals surface area contributed by atoms with Gasteiger partial charge >= 0.3 is 0 Å². The zero-order valence-electron chi connectivity index (χ0n) is 11.4. The van der Waals surface area contributed by atoms with Crippen LogP contribution >= 0.6 is 0 Å². The molecule has 0 bridgehead atoms. The van der Waals surface area contributed by atoms with Crippen molar-refractivity contribution in [1.82, 2.24) is 4.90 Å². The van der Waals surface area contributed by atoms with Crippen LogP contribution in [0.5, 0.6) is 5.75 Å². The highest BCUT2D eigenvalue weighted by Crippen LogP contribution is 2.23. The van der Waals surface area contributed by atoms with E-state index in [9.17, 15) is 4.79 Å². The Morgan fingerprint density at radius 1 is 1.00 bits per heavy atom. The van der Waals surface area contributed by atoms with Crippen LogP contribution in [-0.4, -0.2) is 32.0 Å². The molecule has 0 saturated heterocycles. The summed E-state index contributed by atoms with van der Waals surface area (Å²) >= 11 is 0. The maximum atomic E-state index is 11.9. The first kappa shape index (κ1) is 13.1. The van der Waals surface area contributed by atoms with Gasteiger partial charge in [0.25, 0.3) is 5.91 Å². The topological polar surface area (TPSA) is 29.5 Å². The highest BCUT2D eigenvalue weighted by molar-refractivity contribution is 5.95. The average Bonchev–Trinajstić information content (AvgIpc) is 2.46. The lowest BCUT2D eigenvalue weighted by atomic mass is 10.0. The fourth-order valence-corrected chi connectivity index (χ4v) is 1.87. The Balaban J connectivity index is 2.34. The molecule has 19 heavy (non-hydrogen) atoms. The lowest BCUT2D eigenvalue weighted by Crippen LogP contribution is -2.21. The van der Waals surface area contributed by atoms with Gasteiger partial charge in [-0.3, -0.25) is 4.79 Å². The van der Waals surface area contributed by atoms with Crippen LogP contribution < -0.4 is 4.74 Å². The molecule has 0 atom stereocenters. The summed E-state index contributed by atoms with van der Waals surface area (Å²) in [7, 11) is 5.15. The van der Waals surface area contributed by atoms with Crippen LogP contribution in [0.3, 0.4) is 0 Å². The van der Waals surface area contributed by atoms with Gasteiger partial charge in [0, 0.05) is 19.7 Å². The van der Waals surface area contributed by atoms with E-state index in [1.807, 2.05) is 48.5 Å². The highest BCUT2D eigenvalue weighted by atomic mass is 16.5. The van der Waals surface area contributed by atoms with Gasteiger partial charge in [0.1, 0.15) is 5.75 Å². The summed E-state index contributed by atoms with van der Waals surface area (Å²) in [5, 5.41) is 0. The third-order valence-electron chi connectivity index (χ3n) is 2.94. The summed E-state index contributed by atoms with van der Waals surface area (Å²) in [6.07, 6.45) is 0. The number of carbonyl (C=O) groups excluding carboxylic acids is 1. The van der Waals surface area contributed by atoms with E-state index in [0.29, 0.717) is 5.56 Å². The van der Waals surface area contributed by atoms with Gasteiger partial charge in [-0.1, -0.05) is 24.3 Å². The molecule has 3 heteroatoms. The number of ether oxygens (including phenoxy) is 1. The van der Waals surface area contributed by atoms with E-state index in [4.69, 9.17) is 4.74 Å². The number of methoxy groups -OCH3 is 1. The number of hydrogen-bond donors (Lipinski definition) is 0. The Hall–Kier alpha value is -2.29. The van der Waals surface area contributed by atoms with Crippen LogP contribution in [0.4, 0.5) is 0 Å². The first-order chi connectivity index (χ1) is 9.11. The normalized spacial score (nSPS) is 10.1. The van der Waals surface area contributed by atoms with E-state index in [1.54, 1.807) is 26.1 Å². The molecule has 0 heterocycles. The van der Waals surface area contributed by atoms with E-state index in [-0.39, 0.29) is 5.91 Å². The highest BCUT2D eigenvalue weighted by Gasteiger charge is 2.08. The standard InChI is InChI=1S/C16H17NO2/c1-17(2)16(18)14-6-4-5-13(11-14)12-7-9-15(19-3)10-8-12/h4-11H,1-3H3. The minimum Gasteiger partial charge on any atom is -0.497 e. The second-order valence-corrected chi connectivity index (χ2v) is 4.51. The zero-order valence-corrected chi connectivity index (χ0v) is 11.4. The summed E-state index contributed by atoms with van der Waals surface area (Å²) < 4.78 is 5.14. The summed E-state index contributed by atoms with van der Waals surface area (Å²) in [5.41, 5.74) is 2.78. The second-order valence-electron chi connectivity index (χ2n) is 4.51. The monoisotopic (exact) mass is 255 g/mol. The molecule has 0 aliphatic rings. The molecule has 0 spiro atoms. The van der Waals surface area contributed by atoms with Crippen LogP contribution in [-0.2, 0) is 0 Å². The van der Waals surface area contributed by atoms with E-state index in [1.165, 1.54) is 0 Å². The molecular weight excluding hydrogens is 238 g/mol. The van der Waals surface area contributed by atoms with Crippen LogP contribution in [0.15, 0.2) is 48.5 Å². The minimum absolute atomic E-state index is 0.00959. The van der Waals surface area contributed by atoms with Gasteiger partial charge in [-0.15, -0.1) is 0 Å². The molecule has 0 radical (unpaired) electrons. The van der Waals surface area contributed by atoms with E-state index >= 15 is 0 Å². The van der Waals surface area contributed by atoms with Crippen molar-refractivity contribution in [3.8, 4) is 16.9 Å². The quantitative estimate of drug-likeness (QED) is 0.843. The Kier molecular flexibility index (Phi) is 3.85. The fourth-order valence-electron chi connectivity index (χ4n) is 1.87. The van der Waals surface area contributed by atoms with Gasteiger partial charge in [-0.05, 0) is 35.4 Å². The van der Waals surface area contributed by atoms with Crippen LogP contribution in [0.2, 0.25) is 0 Å². The first-order valence-electron chi connectivity index (χ1n) is 6.08. The summed E-state index contributed by atoms with van der Waals surface area (Å²) in [6, 6.07) is 15.4. The maximum Gasteiger partial charge on any atom is 0.253 e. The minimum atomic E-state index is 0.00959. The lowest BCUT2D eigenvalue weighted by molar-refractivity contribution is 0.0827. The van der Waals surface area contributed by atoms with Crippen molar-refractivity contribution >= 4 is 5.91 Å². The molecule has 1 amide bonds. The van der Waals surface area contributed by atoms with Crippen molar-refractivity contribution in [2.75, 3.05) is 21.2 Å². The van der Waals surface area contributed by atoms with Crippen LogP contribution in [0.25, 0.3) is 11.1 Å². The van der Waals surface area contributed by atoms with Gasteiger partial charge in [-0.25, -0.2) is 0 Å². The first-order valence-corrected chi connectivity index (χ1v) is 6.08. The second kappa shape index (κ2) is 5.57. The van der Waals surface area contributed by atoms with Gasteiger partial charge in [0.15, 0.2) is 0 Å². The van der Waals surface area contributed by atoms with Gasteiger partial charge < -0.3 is 9.64 Å². The molecule has 2 aromatic carbocycles. The summed E-state index contributed by atoms with van der Waals surface area (Å²) in [4.78, 5) is 13.5. The molecule has 0 saturated carbocycles. The molecule has 0 aromatic heterocycles. The molecule has 0 aliphatic carbocycles. The predicted octanol–water partition coefficient (Wildman–Crippen LogP) is 3.06. The zero-order chi connectivity index (χ0) is 13.8. The Morgan fingerprint density at radius 3 is 2.26 bits per heavy atom. The molecule has 2 aromatic rings. The van der Waals surface area contributed by atoms with Gasteiger partial charge in [0.2, 0.25) is 0 Å². The molecule has 0 N–H and O–H groups in total. The third kappa shape index (κ3) is 2.94. The van der Waals surface area contributed by atoms with Gasteiger partial charge in [-0.2, -0.15) is 0 Å². The van der Waals surface area contributed by atoms with Crippen LogP contribution in [0.1, 0.15) is 10.4 Å².